The summed E-state index contributed by atoms with van der Waals surface area (Å²) in [4.78, 5) is 2.44. The van der Waals surface area contributed by atoms with Crippen LogP contribution in [0.15, 0.2) is 93.0 Å². The van der Waals surface area contributed by atoms with Gasteiger partial charge >= 0.3 is 0 Å². The van der Waals surface area contributed by atoms with Crippen molar-refractivity contribution < 1.29 is 61.6 Å². The van der Waals surface area contributed by atoms with E-state index in [0.29, 0.717) is 72.2 Å². The molecule has 0 radical (unpaired) electrons. The first kappa shape index (κ1) is 46.8. The average molecular weight is 921 g/mol. The Hall–Kier alpha value is -3.73. The van der Waals surface area contributed by atoms with E-state index in [1.807, 2.05) is 52.0 Å². The molecule has 2 aromatic carbocycles. The smallest absolute Gasteiger partial charge is 0.206 e. The molecule has 6 rings (SSSR count). The molecule has 1 aliphatic carbocycles. The number of hydrogen-bond donors (Lipinski definition) is 1. The number of benzene rings is 2. The van der Waals surface area contributed by atoms with Gasteiger partial charge in [-0.25, -0.2) is 38.2 Å². The van der Waals surface area contributed by atoms with Crippen LogP contribution in [-0.4, -0.2) is 112 Å². The molecule has 0 amide bonds. The maximum atomic E-state index is 12.0. The maximum Gasteiger partial charge on any atom is 0.206 e. The lowest BCUT2D eigenvalue weighted by molar-refractivity contribution is -0.540. The molecule has 16 nitrogen and oxygen atoms in total. The van der Waals surface area contributed by atoms with Gasteiger partial charge in [0.25, 0.3) is 0 Å². The zero-order valence-electron chi connectivity index (χ0n) is 34.4. The highest BCUT2D eigenvalue weighted by molar-refractivity contribution is 7.86. The molecule has 0 bridgehead atoms. The summed E-state index contributed by atoms with van der Waals surface area (Å²) in [5, 5.41) is 9.44. The van der Waals surface area contributed by atoms with Crippen molar-refractivity contribution in [1.29, 1.82) is 0 Å². The standard InChI is InChI=1S/C41H53N3O13S4/c1-40(2)33-26-31(60(52,53)54)11-13-35(33)43(21-24-58(46,47)48)37(40)15-9-29-7-8-30(39(29)42-19-17-28(18-20-42)6-5-23-45)10-16-38-41(3,4)34-27-32(61(55,56)57)12-14-36(34)44(38)22-25-59(49,50)51/h9-16,26-28,45H,5-8,17-25H2,1-4H3,(H3-,46,47,48,49,50,51,52,53,54,55,56,57)/p-3. The van der Waals surface area contributed by atoms with Gasteiger partial charge in [-0.2, -0.15) is 0 Å². The second-order valence-corrected chi connectivity index (χ2v) is 22.8. The van der Waals surface area contributed by atoms with Crippen LogP contribution in [0.25, 0.3) is 0 Å². The van der Waals surface area contributed by atoms with Gasteiger partial charge in [-0.15, -0.1) is 0 Å². The second-order valence-electron chi connectivity index (χ2n) is 17.0. The zero-order valence-corrected chi connectivity index (χ0v) is 37.6. The topological polar surface area (TPSA) is 259 Å². The first-order valence-corrected chi connectivity index (χ1v) is 25.9. The highest BCUT2D eigenvalue weighted by atomic mass is 32.2. The van der Waals surface area contributed by atoms with Crippen molar-refractivity contribution in [2.45, 2.75) is 86.8 Å². The van der Waals surface area contributed by atoms with E-state index in [1.54, 1.807) is 9.80 Å². The van der Waals surface area contributed by atoms with Crippen molar-refractivity contribution in [2.75, 3.05) is 54.1 Å². The Morgan fingerprint density at radius 2 is 1.08 bits per heavy atom. The molecule has 0 atom stereocenters. The van der Waals surface area contributed by atoms with E-state index in [-0.39, 0.29) is 19.7 Å². The van der Waals surface area contributed by atoms with Crippen molar-refractivity contribution in [1.82, 2.24) is 0 Å². The Morgan fingerprint density at radius 3 is 1.44 bits per heavy atom. The molecule has 3 heterocycles. The third-order valence-electron chi connectivity index (χ3n) is 12.3. The van der Waals surface area contributed by atoms with Gasteiger partial charge in [0.2, 0.25) is 5.71 Å². The molecule has 2 fully saturated rings. The Balaban J connectivity index is 1.47. The summed E-state index contributed by atoms with van der Waals surface area (Å²) < 4.78 is 145. The van der Waals surface area contributed by atoms with E-state index in [0.717, 1.165) is 48.3 Å². The number of rotatable bonds is 13. The van der Waals surface area contributed by atoms with Crippen LogP contribution in [0.3, 0.4) is 0 Å². The van der Waals surface area contributed by atoms with Gasteiger partial charge in [-0.05, 0) is 91.3 Å². The Morgan fingerprint density at radius 1 is 0.672 bits per heavy atom. The van der Waals surface area contributed by atoms with Crippen LogP contribution in [0, 0.1) is 5.92 Å². The molecule has 0 aromatic heterocycles. The van der Waals surface area contributed by atoms with Crippen LogP contribution in [0.1, 0.15) is 77.3 Å². The van der Waals surface area contributed by atoms with Gasteiger partial charge in [-0.1, -0.05) is 39.8 Å². The third-order valence-corrected chi connectivity index (χ3v) is 15.3. The van der Waals surface area contributed by atoms with E-state index in [2.05, 4.69) is 4.58 Å². The van der Waals surface area contributed by atoms with Gasteiger partial charge in [0.05, 0.1) is 41.5 Å². The van der Waals surface area contributed by atoms with Crippen LogP contribution >= 0.6 is 0 Å². The van der Waals surface area contributed by atoms with Crippen LogP contribution in [0.4, 0.5) is 11.4 Å². The molecular weight excluding hydrogens is 871 g/mol. The maximum absolute atomic E-state index is 12.0. The highest BCUT2D eigenvalue weighted by Crippen LogP contribution is 2.50. The summed E-state index contributed by atoms with van der Waals surface area (Å²) in [6.07, 6.45) is 12.0. The van der Waals surface area contributed by atoms with E-state index in [9.17, 15) is 57.0 Å². The molecule has 1 saturated heterocycles. The Bertz CT molecular complexity index is 2540. The number of aliphatic hydroxyl groups is 1. The van der Waals surface area contributed by atoms with Crippen molar-refractivity contribution in [2.24, 2.45) is 5.92 Å². The molecular formula is C41H50N3O13S4-3. The first-order chi connectivity index (χ1) is 28.2. The molecule has 0 spiro atoms. The molecule has 3 aliphatic heterocycles. The van der Waals surface area contributed by atoms with Crippen molar-refractivity contribution >= 4 is 57.6 Å². The molecule has 20 heteroatoms. The van der Waals surface area contributed by atoms with E-state index in [1.165, 1.54) is 24.3 Å². The quantitative estimate of drug-likeness (QED) is 0.223. The summed E-state index contributed by atoms with van der Waals surface area (Å²) in [5.41, 5.74) is 3.99. The number of fused-ring (bicyclic) bond motifs is 2. The lowest BCUT2D eigenvalue weighted by Gasteiger charge is -2.27. The lowest BCUT2D eigenvalue weighted by Crippen LogP contribution is -2.32. The molecule has 4 aliphatic rings. The second kappa shape index (κ2) is 17.1. The fraction of sp³-hybridized carbons (Fsp3) is 0.488. The Labute approximate surface area is 358 Å². The Kier molecular flexibility index (Phi) is 13.1. The van der Waals surface area contributed by atoms with Crippen LogP contribution in [0.5, 0.6) is 0 Å². The summed E-state index contributed by atoms with van der Waals surface area (Å²) in [5.74, 6) is -1.03. The minimum atomic E-state index is -4.82. The van der Waals surface area contributed by atoms with Gasteiger partial charge in [-0.3, -0.25) is 0 Å². The van der Waals surface area contributed by atoms with Crippen molar-refractivity contribution in [3.8, 4) is 0 Å². The average Bonchev–Trinajstić information content (AvgIpc) is 3.73. The SMILES string of the molecule is CC1(C)/C(=C\C=C2/CC/C(=C\C=C3\N(CCS(=O)(=O)[O-])c4ccc(S(=O)(=O)[O-])cc4C3(C)C)C2=[N+]2CCC(CCCO)CC2)N(CCS(=O)(=O)[O-])c2ccc(S(=O)(=O)[O-])cc21. The molecule has 334 valence electrons. The summed E-state index contributed by atoms with van der Waals surface area (Å²) in [6.45, 7) is 8.36. The zero-order chi connectivity index (χ0) is 44.9. The third kappa shape index (κ3) is 10.2. The van der Waals surface area contributed by atoms with Gasteiger partial charge < -0.3 is 33.1 Å². The van der Waals surface area contributed by atoms with E-state index < -0.39 is 72.6 Å². The minimum absolute atomic E-state index is 0.110. The molecule has 2 aromatic rings. The normalized spacial score (nSPS) is 23.2. The fourth-order valence-electron chi connectivity index (χ4n) is 9.14. The predicted octanol–water partition coefficient (Wildman–Crippen LogP) is 3.53. The minimum Gasteiger partial charge on any atom is -0.748 e. The van der Waals surface area contributed by atoms with E-state index in [4.69, 9.17) is 0 Å². The van der Waals surface area contributed by atoms with E-state index >= 15 is 0 Å². The first-order valence-electron chi connectivity index (χ1n) is 19.9. The van der Waals surface area contributed by atoms with Gasteiger partial charge in [0.15, 0.2) is 0 Å². The molecule has 61 heavy (non-hydrogen) atoms. The van der Waals surface area contributed by atoms with Crippen molar-refractivity contribution in [3.63, 3.8) is 0 Å². The number of aliphatic hydroxyl groups excluding tert-OH is 1. The number of hydrogen-bond acceptors (Lipinski definition) is 15. The summed E-state index contributed by atoms with van der Waals surface area (Å²) in [6, 6.07) is 7.76. The number of anilines is 2. The lowest BCUT2D eigenvalue weighted by atomic mass is 9.83. The summed E-state index contributed by atoms with van der Waals surface area (Å²) >= 11 is 0. The molecule has 1 N–H and O–H groups in total. The van der Waals surface area contributed by atoms with Crippen molar-refractivity contribution in [3.05, 3.63) is 94.4 Å². The van der Waals surface area contributed by atoms with Crippen LogP contribution in [0.2, 0.25) is 0 Å². The fourth-order valence-corrected chi connectivity index (χ4v) is 10.9. The monoisotopic (exact) mass is 920 g/mol. The van der Waals surface area contributed by atoms with Crippen LogP contribution in [-0.2, 0) is 51.3 Å². The highest BCUT2D eigenvalue weighted by Gasteiger charge is 2.42. The summed E-state index contributed by atoms with van der Waals surface area (Å²) in [7, 11) is -18.9. The number of allylic oxidation sites excluding steroid dienone is 8. The predicted molar refractivity (Wildman–Crippen MR) is 224 cm³/mol. The molecule has 0 unspecified atom stereocenters. The number of piperidine rings is 1. The van der Waals surface area contributed by atoms with Crippen LogP contribution < -0.4 is 9.80 Å². The van der Waals surface area contributed by atoms with Gasteiger partial charge in [0.1, 0.15) is 33.3 Å². The molecule has 1 saturated carbocycles. The largest absolute Gasteiger partial charge is 0.748 e. The number of nitrogens with zero attached hydrogens (tertiary/aromatic N) is 3. The van der Waals surface area contributed by atoms with Gasteiger partial charge in [0, 0.05) is 77.3 Å².